The maximum absolute atomic E-state index is 12.8. The van der Waals surface area contributed by atoms with Gasteiger partial charge in [0.15, 0.2) is 11.5 Å². The standard InChI is InChI=1S/C22H29N3O4/c1-13-10-25(17-6-7-17)11-19(13)23-22(26)16-5-8-20(21(9-16)27-4)28-12-18-14(2)24-29-15(18)3/h5,8-9,13,17,19H,6-7,10-12H2,1-4H3,(H,23,26). The molecule has 2 heterocycles. The van der Waals surface area contributed by atoms with E-state index in [1.165, 1.54) is 12.8 Å². The van der Waals surface area contributed by atoms with Gasteiger partial charge in [0.05, 0.1) is 18.4 Å². The molecule has 1 saturated carbocycles. The molecule has 2 unspecified atom stereocenters. The minimum absolute atomic E-state index is 0.0740. The summed E-state index contributed by atoms with van der Waals surface area (Å²) in [5.74, 6) is 2.24. The van der Waals surface area contributed by atoms with Crippen LogP contribution >= 0.6 is 0 Å². The number of aromatic nitrogens is 1. The quantitative estimate of drug-likeness (QED) is 0.771. The lowest BCUT2D eigenvalue weighted by molar-refractivity contribution is 0.0931. The lowest BCUT2D eigenvalue weighted by Gasteiger charge is -2.18. The Hall–Kier alpha value is -2.54. The highest BCUT2D eigenvalue weighted by molar-refractivity contribution is 5.95. The number of hydrogen-bond acceptors (Lipinski definition) is 6. The number of amides is 1. The topological polar surface area (TPSA) is 76.8 Å². The van der Waals surface area contributed by atoms with Gasteiger partial charge in [0, 0.05) is 30.7 Å². The fourth-order valence-electron chi connectivity index (χ4n) is 3.97. The minimum Gasteiger partial charge on any atom is -0.493 e. The van der Waals surface area contributed by atoms with Crippen LogP contribution in [0.1, 0.15) is 47.1 Å². The Morgan fingerprint density at radius 3 is 2.72 bits per heavy atom. The average Bonchev–Trinajstić information content (AvgIpc) is 3.43. The zero-order chi connectivity index (χ0) is 20.5. The third-order valence-electron chi connectivity index (χ3n) is 6.00. The van der Waals surface area contributed by atoms with Gasteiger partial charge in [0.1, 0.15) is 12.4 Å². The Morgan fingerprint density at radius 2 is 2.07 bits per heavy atom. The monoisotopic (exact) mass is 399 g/mol. The summed E-state index contributed by atoms with van der Waals surface area (Å²) in [4.78, 5) is 15.3. The van der Waals surface area contributed by atoms with E-state index in [0.717, 1.165) is 36.1 Å². The molecule has 2 fully saturated rings. The Bertz CT molecular complexity index is 871. The van der Waals surface area contributed by atoms with E-state index in [0.29, 0.717) is 29.6 Å². The van der Waals surface area contributed by atoms with Crippen LogP contribution < -0.4 is 14.8 Å². The number of rotatable bonds is 7. The van der Waals surface area contributed by atoms with Crippen molar-refractivity contribution in [2.75, 3.05) is 20.2 Å². The van der Waals surface area contributed by atoms with Crippen LogP contribution in [-0.4, -0.2) is 48.2 Å². The lowest BCUT2D eigenvalue weighted by Crippen LogP contribution is -2.40. The number of carbonyl (C=O) groups is 1. The van der Waals surface area contributed by atoms with Gasteiger partial charge in [0.2, 0.25) is 0 Å². The molecule has 1 aliphatic carbocycles. The Morgan fingerprint density at radius 1 is 1.28 bits per heavy atom. The molecule has 1 aliphatic heterocycles. The number of nitrogens with zero attached hydrogens (tertiary/aromatic N) is 2. The first-order chi connectivity index (χ1) is 14.0. The highest BCUT2D eigenvalue weighted by Crippen LogP contribution is 2.32. The van der Waals surface area contributed by atoms with Gasteiger partial charge in [-0.05, 0) is 50.8 Å². The van der Waals surface area contributed by atoms with Crippen LogP contribution in [0.4, 0.5) is 0 Å². The van der Waals surface area contributed by atoms with E-state index in [2.05, 4.69) is 22.3 Å². The molecule has 156 valence electrons. The third-order valence-corrected chi connectivity index (χ3v) is 6.00. The molecular weight excluding hydrogens is 370 g/mol. The molecule has 7 heteroatoms. The van der Waals surface area contributed by atoms with Crippen LogP contribution in [0.15, 0.2) is 22.7 Å². The summed E-state index contributed by atoms with van der Waals surface area (Å²) in [7, 11) is 1.58. The molecule has 2 atom stereocenters. The number of carbonyl (C=O) groups excluding carboxylic acids is 1. The highest BCUT2D eigenvalue weighted by Gasteiger charge is 2.38. The molecule has 1 saturated heterocycles. The molecule has 0 radical (unpaired) electrons. The number of aryl methyl sites for hydroxylation is 2. The number of hydrogen-bond donors (Lipinski definition) is 1. The van der Waals surface area contributed by atoms with Crippen molar-refractivity contribution in [3.8, 4) is 11.5 Å². The molecule has 7 nitrogen and oxygen atoms in total. The second kappa shape index (κ2) is 8.06. The average molecular weight is 399 g/mol. The summed E-state index contributed by atoms with van der Waals surface area (Å²) >= 11 is 0. The van der Waals surface area contributed by atoms with Crippen molar-refractivity contribution in [2.45, 2.75) is 52.3 Å². The number of ether oxygens (including phenoxy) is 2. The molecule has 1 amide bonds. The van der Waals surface area contributed by atoms with Crippen LogP contribution in [0.2, 0.25) is 0 Å². The predicted octanol–water partition coefficient (Wildman–Crippen LogP) is 3.09. The van der Waals surface area contributed by atoms with Crippen LogP contribution in [-0.2, 0) is 6.61 Å². The third kappa shape index (κ3) is 4.24. The second-order valence-corrected chi connectivity index (χ2v) is 8.20. The van der Waals surface area contributed by atoms with Gasteiger partial charge in [-0.15, -0.1) is 0 Å². The summed E-state index contributed by atoms with van der Waals surface area (Å²) in [6.07, 6.45) is 2.58. The van der Waals surface area contributed by atoms with E-state index in [9.17, 15) is 4.79 Å². The van der Waals surface area contributed by atoms with Gasteiger partial charge in [-0.3, -0.25) is 9.69 Å². The summed E-state index contributed by atoms with van der Waals surface area (Å²) in [6, 6.07) is 6.20. The largest absolute Gasteiger partial charge is 0.493 e. The lowest BCUT2D eigenvalue weighted by atomic mass is 10.1. The number of benzene rings is 1. The first kappa shape index (κ1) is 19.8. The van der Waals surface area contributed by atoms with Crippen LogP contribution in [0, 0.1) is 19.8 Å². The van der Waals surface area contributed by atoms with E-state index in [4.69, 9.17) is 14.0 Å². The smallest absolute Gasteiger partial charge is 0.251 e. The number of methoxy groups -OCH3 is 1. The fraction of sp³-hybridized carbons (Fsp3) is 0.545. The van der Waals surface area contributed by atoms with Crippen molar-refractivity contribution in [2.24, 2.45) is 5.92 Å². The van der Waals surface area contributed by atoms with E-state index in [1.54, 1.807) is 25.3 Å². The maximum atomic E-state index is 12.8. The zero-order valence-corrected chi connectivity index (χ0v) is 17.5. The molecule has 2 aromatic rings. The van der Waals surface area contributed by atoms with E-state index in [1.807, 2.05) is 13.8 Å². The Balaban J connectivity index is 1.41. The van der Waals surface area contributed by atoms with Gasteiger partial charge in [-0.2, -0.15) is 0 Å². The molecule has 1 aromatic heterocycles. The first-order valence-corrected chi connectivity index (χ1v) is 10.2. The zero-order valence-electron chi connectivity index (χ0n) is 17.5. The van der Waals surface area contributed by atoms with Crippen molar-refractivity contribution in [1.29, 1.82) is 0 Å². The second-order valence-electron chi connectivity index (χ2n) is 8.20. The number of nitrogens with one attached hydrogen (secondary N) is 1. The van der Waals surface area contributed by atoms with Gasteiger partial charge in [0.25, 0.3) is 5.91 Å². The summed E-state index contributed by atoms with van der Waals surface area (Å²) in [6.45, 7) is 8.28. The summed E-state index contributed by atoms with van der Waals surface area (Å²) in [5.41, 5.74) is 2.30. The Labute approximate surface area is 171 Å². The van der Waals surface area contributed by atoms with Gasteiger partial charge in [-0.1, -0.05) is 12.1 Å². The van der Waals surface area contributed by atoms with Gasteiger partial charge < -0.3 is 19.3 Å². The molecule has 4 rings (SSSR count). The van der Waals surface area contributed by atoms with E-state index >= 15 is 0 Å². The van der Waals surface area contributed by atoms with Crippen molar-refractivity contribution < 1.29 is 18.8 Å². The van der Waals surface area contributed by atoms with Crippen LogP contribution in [0.3, 0.4) is 0 Å². The molecule has 1 aromatic carbocycles. The van der Waals surface area contributed by atoms with Crippen molar-refractivity contribution >= 4 is 5.91 Å². The molecule has 29 heavy (non-hydrogen) atoms. The highest BCUT2D eigenvalue weighted by atomic mass is 16.5. The summed E-state index contributed by atoms with van der Waals surface area (Å²) in [5, 5.41) is 7.14. The first-order valence-electron chi connectivity index (χ1n) is 10.2. The molecule has 0 bridgehead atoms. The normalized spacial score (nSPS) is 21.9. The van der Waals surface area contributed by atoms with Gasteiger partial charge >= 0.3 is 0 Å². The van der Waals surface area contributed by atoms with Crippen LogP contribution in [0.5, 0.6) is 11.5 Å². The molecule has 2 aliphatic rings. The minimum atomic E-state index is -0.0740. The van der Waals surface area contributed by atoms with E-state index < -0.39 is 0 Å². The molecular formula is C22H29N3O4. The van der Waals surface area contributed by atoms with Crippen molar-refractivity contribution in [3.63, 3.8) is 0 Å². The SMILES string of the molecule is COc1cc(C(=O)NC2CN(C3CC3)CC2C)ccc1OCc1c(C)noc1C. The van der Waals surface area contributed by atoms with Crippen LogP contribution in [0.25, 0.3) is 0 Å². The van der Waals surface area contributed by atoms with Crippen molar-refractivity contribution in [1.82, 2.24) is 15.4 Å². The number of likely N-dealkylation sites (tertiary alicyclic amines) is 1. The predicted molar refractivity (Wildman–Crippen MR) is 108 cm³/mol. The summed E-state index contributed by atoms with van der Waals surface area (Å²) < 4.78 is 16.5. The maximum Gasteiger partial charge on any atom is 0.251 e. The molecule has 1 N–H and O–H groups in total. The van der Waals surface area contributed by atoms with Gasteiger partial charge in [-0.25, -0.2) is 0 Å². The fourth-order valence-corrected chi connectivity index (χ4v) is 3.97. The van der Waals surface area contributed by atoms with Crippen molar-refractivity contribution in [3.05, 3.63) is 40.8 Å². The van der Waals surface area contributed by atoms with E-state index in [-0.39, 0.29) is 11.9 Å². The molecule has 0 spiro atoms. The Kier molecular flexibility index (Phi) is 5.50.